The van der Waals surface area contributed by atoms with E-state index in [0.717, 1.165) is 22.4 Å². The number of rotatable bonds is 11. The van der Waals surface area contributed by atoms with E-state index in [0.29, 0.717) is 27.1 Å². The summed E-state index contributed by atoms with van der Waals surface area (Å²) in [6.45, 7) is 0.290. The maximum absolute atomic E-state index is 13.5. The van der Waals surface area contributed by atoms with Crippen LogP contribution in [0.4, 0.5) is 0 Å². The lowest BCUT2D eigenvalue weighted by molar-refractivity contribution is -0.137. The molecule has 0 bridgehead atoms. The molecule has 0 aliphatic heterocycles. The van der Waals surface area contributed by atoms with Crippen LogP contribution in [0.1, 0.15) is 33.9 Å². The van der Waals surface area contributed by atoms with Gasteiger partial charge in [0.2, 0.25) is 0 Å². The molecular formula is C35H28BrNO5. The Labute approximate surface area is 252 Å². The van der Waals surface area contributed by atoms with E-state index < -0.39 is 17.9 Å². The van der Waals surface area contributed by atoms with Gasteiger partial charge in [-0.25, -0.2) is 0 Å². The van der Waals surface area contributed by atoms with Crippen molar-refractivity contribution in [2.75, 3.05) is 0 Å². The molecule has 1 amide bonds. The van der Waals surface area contributed by atoms with Gasteiger partial charge in [0.15, 0.2) is 0 Å². The van der Waals surface area contributed by atoms with Gasteiger partial charge in [0.05, 0.1) is 18.0 Å². The molecular weight excluding hydrogens is 594 g/mol. The van der Waals surface area contributed by atoms with Crippen molar-refractivity contribution in [3.8, 4) is 28.4 Å². The molecule has 1 atom stereocenters. The Hall–Kier alpha value is -4.88. The first-order valence-electron chi connectivity index (χ1n) is 13.4. The van der Waals surface area contributed by atoms with Crippen molar-refractivity contribution in [1.29, 1.82) is 0 Å². The summed E-state index contributed by atoms with van der Waals surface area (Å²) in [5, 5.41) is 12.6. The summed E-state index contributed by atoms with van der Waals surface area (Å²) < 4.78 is 12.8. The summed E-state index contributed by atoms with van der Waals surface area (Å²) in [7, 11) is 0. The van der Waals surface area contributed by atoms with E-state index in [4.69, 9.17) is 9.47 Å². The second-order valence-corrected chi connectivity index (χ2v) is 10.5. The van der Waals surface area contributed by atoms with Gasteiger partial charge in [-0.15, -0.1) is 0 Å². The highest BCUT2D eigenvalue weighted by molar-refractivity contribution is 9.10. The molecule has 0 heterocycles. The standard InChI is InChI=1S/C35H28BrNO5/c36-27-19-20-32(41-23-24-9-3-1-4-10-24)30(21-27)35(40)37-31(22-34(38)39)26-17-15-25(16-18-26)29-13-7-8-14-33(29)42-28-11-5-2-6-12-28/h1-21,31H,22-23H2,(H,37,40)(H,38,39). The molecule has 0 radical (unpaired) electrons. The van der Waals surface area contributed by atoms with Crippen LogP contribution in [-0.4, -0.2) is 17.0 Å². The third-order valence-electron chi connectivity index (χ3n) is 6.59. The number of carbonyl (C=O) groups excluding carboxylic acids is 1. The molecule has 0 saturated carbocycles. The SMILES string of the molecule is O=C(O)CC(NC(=O)c1cc(Br)ccc1OCc1ccccc1)c1ccc(-c2ccccc2Oc2ccccc2)cc1. The Morgan fingerprint density at radius 3 is 2.14 bits per heavy atom. The average molecular weight is 623 g/mol. The number of para-hydroxylation sites is 2. The number of amides is 1. The lowest BCUT2D eigenvalue weighted by Crippen LogP contribution is -2.30. The summed E-state index contributed by atoms with van der Waals surface area (Å²) in [5.41, 5.74) is 3.72. The monoisotopic (exact) mass is 621 g/mol. The van der Waals surface area contributed by atoms with Gasteiger partial charge in [-0.2, -0.15) is 0 Å². The van der Waals surface area contributed by atoms with E-state index in [1.165, 1.54) is 0 Å². The molecule has 6 nitrogen and oxygen atoms in total. The lowest BCUT2D eigenvalue weighted by atomic mass is 9.98. The van der Waals surface area contributed by atoms with Crippen LogP contribution >= 0.6 is 15.9 Å². The molecule has 0 saturated heterocycles. The van der Waals surface area contributed by atoms with Crippen molar-refractivity contribution in [3.63, 3.8) is 0 Å². The van der Waals surface area contributed by atoms with Crippen molar-refractivity contribution >= 4 is 27.8 Å². The Kier molecular flexibility index (Phi) is 9.31. The minimum absolute atomic E-state index is 0.285. The number of hydrogen-bond donors (Lipinski definition) is 2. The smallest absolute Gasteiger partial charge is 0.305 e. The fourth-order valence-electron chi connectivity index (χ4n) is 4.51. The van der Waals surface area contributed by atoms with Gasteiger partial charge in [-0.3, -0.25) is 9.59 Å². The van der Waals surface area contributed by atoms with E-state index >= 15 is 0 Å². The number of carboxylic acids is 1. The highest BCUT2D eigenvalue weighted by Crippen LogP contribution is 2.34. The maximum atomic E-state index is 13.5. The van der Waals surface area contributed by atoms with Crippen LogP contribution in [0.2, 0.25) is 0 Å². The normalized spacial score (nSPS) is 11.4. The van der Waals surface area contributed by atoms with Crippen molar-refractivity contribution in [2.45, 2.75) is 19.1 Å². The van der Waals surface area contributed by atoms with Gasteiger partial charge in [-0.05, 0) is 53.1 Å². The van der Waals surface area contributed by atoms with Crippen LogP contribution < -0.4 is 14.8 Å². The topological polar surface area (TPSA) is 84.9 Å². The van der Waals surface area contributed by atoms with Crippen LogP contribution in [0, 0.1) is 0 Å². The predicted octanol–water partition coefficient (Wildman–Crippen LogP) is 8.43. The predicted molar refractivity (Wildman–Crippen MR) is 166 cm³/mol. The Morgan fingerprint density at radius 2 is 1.43 bits per heavy atom. The average Bonchev–Trinajstić information content (AvgIpc) is 3.01. The third kappa shape index (κ3) is 7.44. The van der Waals surface area contributed by atoms with Crippen LogP contribution in [0.5, 0.6) is 17.2 Å². The van der Waals surface area contributed by atoms with Gasteiger partial charge < -0.3 is 19.9 Å². The molecule has 7 heteroatoms. The third-order valence-corrected chi connectivity index (χ3v) is 7.08. The summed E-state index contributed by atoms with van der Waals surface area (Å²) in [6, 6.07) is 38.8. The highest BCUT2D eigenvalue weighted by Gasteiger charge is 2.22. The van der Waals surface area contributed by atoms with Gasteiger partial charge >= 0.3 is 5.97 Å². The molecule has 1 unspecified atom stereocenters. The quantitative estimate of drug-likeness (QED) is 0.155. The van der Waals surface area contributed by atoms with E-state index in [-0.39, 0.29) is 13.0 Å². The zero-order valence-electron chi connectivity index (χ0n) is 22.6. The summed E-state index contributed by atoms with van der Waals surface area (Å²) in [5.74, 6) is 0.367. The van der Waals surface area contributed by atoms with Crippen LogP contribution in [0.3, 0.4) is 0 Å². The minimum atomic E-state index is -1.03. The van der Waals surface area contributed by atoms with Crippen molar-refractivity contribution in [1.82, 2.24) is 5.32 Å². The minimum Gasteiger partial charge on any atom is -0.488 e. The Morgan fingerprint density at radius 1 is 0.762 bits per heavy atom. The van der Waals surface area contributed by atoms with Crippen LogP contribution in [0.25, 0.3) is 11.1 Å². The zero-order chi connectivity index (χ0) is 29.3. The molecule has 0 aliphatic rings. The van der Waals surface area contributed by atoms with Crippen molar-refractivity contribution in [2.24, 2.45) is 0 Å². The van der Waals surface area contributed by atoms with E-state index in [1.54, 1.807) is 18.2 Å². The first-order chi connectivity index (χ1) is 20.5. The lowest BCUT2D eigenvalue weighted by Gasteiger charge is -2.20. The second-order valence-electron chi connectivity index (χ2n) is 9.57. The van der Waals surface area contributed by atoms with Gasteiger partial charge in [0.25, 0.3) is 5.91 Å². The number of benzene rings is 5. The first kappa shape index (κ1) is 28.6. The molecule has 5 rings (SSSR count). The molecule has 0 spiro atoms. The number of hydrogen-bond acceptors (Lipinski definition) is 4. The number of carboxylic acid groups (broad SMARTS) is 1. The summed E-state index contributed by atoms with van der Waals surface area (Å²) in [6.07, 6.45) is -0.285. The summed E-state index contributed by atoms with van der Waals surface area (Å²) >= 11 is 3.43. The second kappa shape index (κ2) is 13.7. The number of nitrogens with one attached hydrogen (secondary N) is 1. The van der Waals surface area contributed by atoms with Crippen LogP contribution in [0.15, 0.2) is 132 Å². The molecule has 5 aromatic carbocycles. The molecule has 5 aromatic rings. The van der Waals surface area contributed by atoms with E-state index in [9.17, 15) is 14.7 Å². The molecule has 0 aromatic heterocycles. The van der Waals surface area contributed by atoms with Gasteiger partial charge in [0.1, 0.15) is 23.9 Å². The number of aliphatic carboxylic acids is 1. The van der Waals surface area contributed by atoms with Crippen LogP contribution in [-0.2, 0) is 11.4 Å². The van der Waals surface area contributed by atoms with Crippen molar-refractivity contribution in [3.05, 3.63) is 149 Å². The first-order valence-corrected chi connectivity index (χ1v) is 14.2. The van der Waals surface area contributed by atoms with Gasteiger partial charge in [0, 0.05) is 10.0 Å². The molecule has 42 heavy (non-hydrogen) atoms. The van der Waals surface area contributed by atoms with Crippen molar-refractivity contribution < 1.29 is 24.2 Å². The Balaban J connectivity index is 1.36. The highest BCUT2D eigenvalue weighted by atomic mass is 79.9. The largest absolute Gasteiger partial charge is 0.488 e. The maximum Gasteiger partial charge on any atom is 0.305 e. The van der Waals surface area contributed by atoms with E-state index in [2.05, 4.69) is 21.2 Å². The van der Waals surface area contributed by atoms with E-state index in [1.807, 2.05) is 109 Å². The molecule has 0 fully saturated rings. The number of ether oxygens (including phenoxy) is 2. The zero-order valence-corrected chi connectivity index (χ0v) is 24.2. The molecule has 2 N–H and O–H groups in total. The number of carbonyl (C=O) groups is 2. The molecule has 210 valence electrons. The Bertz CT molecular complexity index is 1660. The molecule has 0 aliphatic carbocycles. The fourth-order valence-corrected chi connectivity index (χ4v) is 4.87. The fraction of sp³-hybridized carbons (Fsp3) is 0.0857. The van der Waals surface area contributed by atoms with Gasteiger partial charge in [-0.1, -0.05) is 107 Å². The number of halogens is 1. The summed E-state index contributed by atoms with van der Waals surface area (Å²) in [4.78, 5) is 25.3.